The highest BCUT2D eigenvalue weighted by molar-refractivity contribution is 6.29. The van der Waals surface area contributed by atoms with Crippen LogP contribution < -0.4 is 0 Å². The summed E-state index contributed by atoms with van der Waals surface area (Å²) in [5.41, 5.74) is 15.6. The average Bonchev–Trinajstić information content (AvgIpc) is 4.09. The zero-order chi connectivity index (χ0) is 45.4. The molecule has 14 aromatic rings. The first-order chi connectivity index (χ1) is 34.2. The van der Waals surface area contributed by atoms with Crippen LogP contribution in [-0.4, -0.2) is 24.1 Å². The van der Waals surface area contributed by atoms with Crippen LogP contribution in [0.5, 0.6) is 0 Å². The van der Waals surface area contributed by atoms with E-state index in [1.807, 2.05) is 18.2 Å². The van der Waals surface area contributed by atoms with Crippen molar-refractivity contribution in [2.24, 2.45) is 0 Å². The van der Waals surface area contributed by atoms with Crippen LogP contribution in [0.1, 0.15) is 0 Å². The predicted octanol–water partition coefficient (Wildman–Crippen LogP) is 16.3. The molecule has 4 heterocycles. The SMILES string of the molecule is c1ccc(-c2ccc(-c3nc(-c4ccc5c(c4)oc4cccc(-c6ccccc6)c45)nc(-n4c5ccccc5c5c6c7ccccc7n(-c7cccc(-c8ccccc8)c7)c6ccc54)n3)cc2)cc1. The van der Waals surface area contributed by atoms with Crippen molar-refractivity contribution in [2.45, 2.75) is 0 Å². The average molecular weight is 882 g/mol. The Bertz CT molecular complexity index is 4280. The van der Waals surface area contributed by atoms with Gasteiger partial charge in [-0.2, -0.15) is 9.97 Å². The largest absolute Gasteiger partial charge is 0.456 e. The van der Waals surface area contributed by atoms with Gasteiger partial charge < -0.3 is 8.98 Å². The summed E-state index contributed by atoms with van der Waals surface area (Å²) in [6.07, 6.45) is 0. The van der Waals surface area contributed by atoms with Crippen molar-refractivity contribution in [1.29, 1.82) is 0 Å². The lowest BCUT2D eigenvalue weighted by Gasteiger charge is -2.12. The Morgan fingerprint density at radius 1 is 0.290 bits per heavy atom. The summed E-state index contributed by atoms with van der Waals surface area (Å²) in [5, 5.41) is 6.74. The lowest BCUT2D eigenvalue weighted by molar-refractivity contribution is 0.669. The Kier molecular flexibility index (Phi) is 8.79. The third kappa shape index (κ3) is 6.30. The Balaban J connectivity index is 0.994. The van der Waals surface area contributed by atoms with Crippen LogP contribution in [0.2, 0.25) is 0 Å². The highest BCUT2D eigenvalue weighted by Gasteiger charge is 2.23. The number of hydrogen-bond donors (Lipinski definition) is 0. The van der Waals surface area contributed by atoms with E-state index >= 15 is 0 Å². The third-order valence-corrected chi connectivity index (χ3v) is 13.6. The van der Waals surface area contributed by atoms with Gasteiger partial charge in [-0.1, -0.05) is 182 Å². The van der Waals surface area contributed by atoms with Crippen LogP contribution in [0, 0.1) is 0 Å². The van der Waals surface area contributed by atoms with Crippen molar-refractivity contribution < 1.29 is 4.42 Å². The molecule has 0 fully saturated rings. The van der Waals surface area contributed by atoms with E-state index in [1.54, 1.807) is 0 Å². The van der Waals surface area contributed by atoms with E-state index in [4.69, 9.17) is 19.4 Å². The zero-order valence-corrected chi connectivity index (χ0v) is 37.2. The molecule has 0 unspecified atom stereocenters. The van der Waals surface area contributed by atoms with Crippen LogP contribution >= 0.6 is 0 Å². The first-order valence-electron chi connectivity index (χ1n) is 23.3. The van der Waals surface area contributed by atoms with Crippen molar-refractivity contribution in [2.75, 3.05) is 0 Å². The maximum atomic E-state index is 6.63. The van der Waals surface area contributed by atoms with E-state index in [0.717, 1.165) is 93.8 Å². The summed E-state index contributed by atoms with van der Waals surface area (Å²) >= 11 is 0. The van der Waals surface area contributed by atoms with Gasteiger partial charge in [0.05, 0.1) is 22.1 Å². The number of fused-ring (bicyclic) bond motifs is 10. The topological polar surface area (TPSA) is 61.7 Å². The smallest absolute Gasteiger partial charge is 0.238 e. The molecular formula is C63H39N5O. The quantitative estimate of drug-likeness (QED) is 0.160. The Hall–Kier alpha value is -9.39. The molecule has 0 N–H and O–H groups in total. The molecule has 6 heteroatoms. The van der Waals surface area contributed by atoms with Gasteiger partial charge in [-0.15, -0.1) is 0 Å². The summed E-state index contributed by atoms with van der Waals surface area (Å²) < 4.78 is 11.2. The first kappa shape index (κ1) is 38.8. The molecule has 69 heavy (non-hydrogen) atoms. The van der Waals surface area contributed by atoms with Gasteiger partial charge in [-0.05, 0) is 88.0 Å². The van der Waals surface area contributed by atoms with E-state index < -0.39 is 0 Å². The minimum Gasteiger partial charge on any atom is -0.456 e. The Labute approximate surface area is 396 Å². The standard InChI is InChI=1S/C63H39N5O/c1-4-16-40(17-5-1)42-30-32-44(33-31-42)61-64-62(46-34-35-51-57(39-46)69-56-29-15-26-48(58(51)56)43-20-8-3-9-21-43)66-63(65-61)68-53-28-13-11-25-50(53)60-55(68)37-36-54-59(60)49-24-10-12-27-52(49)67(54)47-23-14-22-45(38-47)41-18-6-2-7-19-41/h1-39H. The lowest BCUT2D eigenvalue weighted by atomic mass is 9.99. The number of rotatable bonds is 7. The molecule has 0 aliphatic heterocycles. The number of aromatic nitrogens is 5. The van der Waals surface area contributed by atoms with Crippen molar-refractivity contribution in [3.05, 3.63) is 237 Å². The molecule has 14 rings (SSSR count). The molecule has 0 saturated carbocycles. The van der Waals surface area contributed by atoms with Gasteiger partial charge in [0, 0.05) is 49.1 Å². The van der Waals surface area contributed by atoms with E-state index in [2.05, 4.69) is 228 Å². The molecule has 0 aliphatic carbocycles. The summed E-state index contributed by atoms with van der Waals surface area (Å²) in [4.78, 5) is 16.0. The van der Waals surface area contributed by atoms with Gasteiger partial charge >= 0.3 is 0 Å². The van der Waals surface area contributed by atoms with Crippen LogP contribution in [0.3, 0.4) is 0 Å². The monoisotopic (exact) mass is 881 g/mol. The number of benzene rings is 10. The second-order valence-corrected chi connectivity index (χ2v) is 17.6. The Morgan fingerprint density at radius 3 is 1.51 bits per heavy atom. The van der Waals surface area contributed by atoms with E-state index in [-0.39, 0.29) is 0 Å². The number of hydrogen-bond acceptors (Lipinski definition) is 4. The summed E-state index contributed by atoms with van der Waals surface area (Å²) in [6, 6.07) is 83.2. The molecule has 10 aromatic carbocycles. The third-order valence-electron chi connectivity index (χ3n) is 13.6. The number of nitrogens with zero attached hydrogens (tertiary/aromatic N) is 5. The van der Waals surface area contributed by atoms with E-state index in [1.165, 1.54) is 21.9 Å². The molecule has 0 saturated heterocycles. The lowest BCUT2D eigenvalue weighted by Crippen LogP contribution is -2.06. The maximum Gasteiger partial charge on any atom is 0.238 e. The molecule has 0 bridgehead atoms. The normalized spacial score (nSPS) is 11.8. The highest BCUT2D eigenvalue weighted by Crippen LogP contribution is 2.43. The summed E-state index contributed by atoms with van der Waals surface area (Å²) in [6.45, 7) is 0. The molecule has 0 atom stereocenters. The molecule has 4 aromatic heterocycles. The van der Waals surface area contributed by atoms with Gasteiger partial charge in [-0.25, -0.2) is 4.98 Å². The van der Waals surface area contributed by atoms with Crippen LogP contribution in [0.25, 0.3) is 133 Å². The van der Waals surface area contributed by atoms with Gasteiger partial charge in [0.2, 0.25) is 5.95 Å². The summed E-state index contributed by atoms with van der Waals surface area (Å²) in [5.74, 6) is 1.66. The molecular weight excluding hydrogens is 843 g/mol. The highest BCUT2D eigenvalue weighted by atomic mass is 16.3. The van der Waals surface area contributed by atoms with Crippen molar-refractivity contribution in [3.8, 4) is 67.8 Å². The molecule has 322 valence electrons. The van der Waals surface area contributed by atoms with Crippen LogP contribution in [0.4, 0.5) is 0 Å². The number of furan rings is 1. The second-order valence-electron chi connectivity index (χ2n) is 17.6. The second kappa shape index (κ2) is 15.6. The Morgan fingerprint density at radius 2 is 0.812 bits per heavy atom. The van der Waals surface area contributed by atoms with Crippen LogP contribution in [-0.2, 0) is 0 Å². The zero-order valence-electron chi connectivity index (χ0n) is 37.2. The molecule has 0 aliphatic rings. The van der Waals surface area contributed by atoms with E-state index in [9.17, 15) is 0 Å². The molecule has 0 radical (unpaired) electrons. The molecule has 6 nitrogen and oxygen atoms in total. The van der Waals surface area contributed by atoms with Gasteiger partial charge in [0.1, 0.15) is 11.2 Å². The molecule has 0 spiro atoms. The van der Waals surface area contributed by atoms with Gasteiger partial charge in [-0.3, -0.25) is 4.57 Å². The van der Waals surface area contributed by atoms with Gasteiger partial charge in [0.25, 0.3) is 0 Å². The molecule has 0 amide bonds. The van der Waals surface area contributed by atoms with E-state index in [0.29, 0.717) is 17.6 Å². The van der Waals surface area contributed by atoms with Gasteiger partial charge in [0.15, 0.2) is 11.6 Å². The predicted molar refractivity (Wildman–Crippen MR) is 283 cm³/mol. The number of para-hydroxylation sites is 2. The fourth-order valence-corrected chi connectivity index (χ4v) is 10.5. The first-order valence-corrected chi connectivity index (χ1v) is 23.3. The summed E-state index contributed by atoms with van der Waals surface area (Å²) in [7, 11) is 0. The van der Waals surface area contributed by atoms with Crippen molar-refractivity contribution >= 4 is 65.6 Å². The van der Waals surface area contributed by atoms with Crippen molar-refractivity contribution in [3.63, 3.8) is 0 Å². The van der Waals surface area contributed by atoms with Crippen LogP contribution in [0.15, 0.2) is 241 Å². The van der Waals surface area contributed by atoms with Crippen molar-refractivity contribution in [1.82, 2.24) is 24.1 Å². The minimum atomic E-state index is 0.531. The maximum absolute atomic E-state index is 6.63. The fraction of sp³-hybridized carbons (Fsp3) is 0. The minimum absolute atomic E-state index is 0.531. The fourth-order valence-electron chi connectivity index (χ4n) is 10.5.